The Labute approximate surface area is 102 Å². The third-order valence-corrected chi connectivity index (χ3v) is 4.04. The molecule has 6 heteroatoms. The number of rotatable bonds is 3. The molecular formula is C11H15F3N2S. The molecule has 96 valence electrons. The van der Waals surface area contributed by atoms with Crippen LogP contribution in [-0.4, -0.2) is 16.7 Å². The summed E-state index contributed by atoms with van der Waals surface area (Å²) in [6.07, 6.45) is -3.83. The summed E-state index contributed by atoms with van der Waals surface area (Å²) in [5.41, 5.74) is -0.931. The number of thiazole rings is 1. The molecule has 1 atom stereocenters. The first-order valence-electron chi connectivity index (χ1n) is 5.53. The van der Waals surface area contributed by atoms with Crippen molar-refractivity contribution in [3.05, 3.63) is 15.6 Å². The number of alkyl halides is 3. The molecular weight excluding hydrogens is 249 g/mol. The van der Waals surface area contributed by atoms with Crippen molar-refractivity contribution in [2.24, 2.45) is 0 Å². The van der Waals surface area contributed by atoms with Crippen LogP contribution in [0, 0.1) is 13.8 Å². The van der Waals surface area contributed by atoms with Crippen LogP contribution in [0.25, 0.3) is 0 Å². The van der Waals surface area contributed by atoms with Crippen molar-refractivity contribution >= 4 is 11.3 Å². The number of aryl methyl sites for hydroxylation is 2. The Balaban J connectivity index is 2.13. The Morgan fingerprint density at radius 2 is 1.94 bits per heavy atom. The van der Waals surface area contributed by atoms with Crippen LogP contribution in [0.1, 0.15) is 41.4 Å². The largest absolute Gasteiger partial charge is 0.406 e. The second-order valence-corrected chi connectivity index (χ2v) is 6.03. The normalized spacial score (nSPS) is 20.4. The van der Waals surface area contributed by atoms with E-state index < -0.39 is 11.7 Å². The minimum Gasteiger partial charge on any atom is -0.295 e. The Hall–Kier alpha value is -0.620. The first-order valence-corrected chi connectivity index (χ1v) is 6.35. The van der Waals surface area contributed by atoms with Gasteiger partial charge in [-0.05, 0) is 33.6 Å². The topological polar surface area (TPSA) is 24.9 Å². The van der Waals surface area contributed by atoms with Gasteiger partial charge in [-0.25, -0.2) is 4.98 Å². The van der Waals surface area contributed by atoms with Crippen LogP contribution < -0.4 is 5.32 Å². The summed E-state index contributed by atoms with van der Waals surface area (Å²) in [6.45, 7) is 5.50. The number of aromatic nitrogens is 1. The molecule has 0 radical (unpaired) electrons. The molecule has 1 N–H and O–H groups in total. The summed E-state index contributed by atoms with van der Waals surface area (Å²) >= 11 is 1.52. The SMILES string of the molecule is Cc1nc(C(C)NC2(C(F)(F)F)CC2)c(C)s1. The molecule has 1 aliphatic carbocycles. The predicted molar refractivity (Wildman–Crippen MR) is 61.2 cm³/mol. The standard InChI is InChI=1S/C11H15F3N2S/c1-6(9-7(2)17-8(3)15-9)16-10(4-5-10)11(12,13)14/h6,16H,4-5H2,1-3H3. The van der Waals surface area contributed by atoms with Crippen molar-refractivity contribution < 1.29 is 13.2 Å². The smallest absolute Gasteiger partial charge is 0.295 e. The minimum atomic E-state index is -4.17. The molecule has 17 heavy (non-hydrogen) atoms. The van der Waals surface area contributed by atoms with Crippen molar-refractivity contribution in [1.82, 2.24) is 10.3 Å². The maximum Gasteiger partial charge on any atom is 0.406 e. The molecule has 0 amide bonds. The van der Waals surface area contributed by atoms with E-state index in [0.717, 1.165) is 15.6 Å². The van der Waals surface area contributed by atoms with Crippen molar-refractivity contribution in [2.75, 3.05) is 0 Å². The summed E-state index contributed by atoms with van der Waals surface area (Å²) < 4.78 is 38.4. The summed E-state index contributed by atoms with van der Waals surface area (Å²) in [5, 5.41) is 3.59. The summed E-state index contributed by atoms with van der Waals surface area (Å²) in [4.78, 5) is 5.28. The van der Waals surface area contributed by atoms with E-state index in [0.29, 0.717) is 0 Å². The van der Waals surface area contributed by atoms with Crippen LogP contribution in [0.5, 0.6) is 0 Å². The number of nitrogens with zero attached hydrogens (tertiary/aromatic N) is 1. The lowest BCUT2D eigenvalue weighted by Crippen LogP contribution is -2.46. The Morgan fingerprint density at radius 1 is 1.35 bits per heavy atom. The van der Waals surface area contributed by atoms with Crippen molar-refractivity contribution in [2.45, 2.75) is 51.4 Å². The molecule has 1 aromatic rings. The van der Waals surface area contributed by atoms with Crippen LogP contribution in [0.2, 0.25) is 0 Å². The molecule has 1 aliphatic rings. The van der Waals surface area contributed by atoms with Crippen LogP contribution in [-0.2, 0) is 0 Å². The highest BCUT2D eigenvalue weighted by atomic mass is 32.1. The summed E-state index contributed by atoms with van der Waals surface area (Å²) in [6, 6.07) is -0.357. The van der Waals surface area contributed by atoms with E-state index in [1.807, 2.05) is 13.8 Å². The highest BCUT2D eigenvalue weighted by Gasteiger charge is 2.63. The van der Waals surface area contributed by atoms with E-state index >= 15 is 0 Å². The van der Waals surface area contributed by atoms with E-state index in [9.17, 15) is 13.2 Å². The lowest BCUT2D eigenvalue weighted by Gasteiger charge is -2.24. The van der Waals surface area contributed by atoms with Gasteiger partial charge in [0.05, 0.1) is 10.7 Å². The zero-order valence-corrected chi connectivity index (χ0v) is 10.8. The van der Waals surface area contributed by atoms with Gasteiger partial charge in [0.1, 0.15) is 5.54 Å². The maximum atomic E-state index is 12.8. The number of nitrogens with one attached hydrogen (secondary N) is 1. The third-order valence-electron chi connectivity index (χ3n) is 3.13. The molecule has 1 fully saturated rings. The second-order valence-electron chi connectivity index (χ2n) is 4.62. The number of halogens is 3. The Morgan fingerprint density at radius 3 is 2.29 bits per heavy atom. The number of hydrogen-bond acceptors (Lipinski definition) is 3. The average Bonchev–Trinajstić information content (AvgIpc) is 2.86. The van der Waals surface area contributed by atoms with Crippen molar-refractivity contribution in [3.8, 4) is 0 Å². The molecule has 1 unspecified atom stereocenters. The highest BCUT2D eigenvalue weighted by Crippen LogP contribution is 2.50. The predicted octanol–water partition coefficient (Wildman–Crippen LogP) is 3.51. The quantitative estimate of drug-likeness (QED) is 0.903. The molecule has 1 aromatic heterocycles. The monoisotopic (exact) mass is 264 g/mol. The van der Waals surface area contributed by atoms with Crippen molar-refractivity contribution in [1.29, 1.82) is 0 Å². The van der Waals surface area contributed by atoms with E-state index in [-0.39, 0.29) is 18.9 Å². The Bertz CT molecular complexity index is 421. The Kier molecular flexibility index (Phi) is 2.98. The average molecular weight is 264 g/mol. The zero-order chi connectivity index (χ0) is 12.8. The molecule has 0 bridgehead atoms. The molecule has 2 nitrogen and oxygen atoms in total. The molecule has 0 aromatic carbocycles. The third kappa shape index (κ3) is 2.33. The number of hydrogen-bond donors (Lipinski definition) is 1. The molecule has 1 heterocycles. The van der Waals surface area contributed by atoms with Crippen LogP contribution >= 0.6 is 11.3 Å². The van der Waals surface area contributed by atoms with Gasteiger partial charge in [-0.15, -0.1) is 11.3 Å². The fourth-order valence-corrected chi connectivity index (χ4v) is 2.98. The molecule has 0 spiro atoms. The van der Waals surface area contributed by atoms with Crippen LogP contribution in [0.3, 0.4) is 0 Å². The van der Waals surface area contributed by atoms with Gasteiger partial charge in [-0.1, -0.05) is 0 Å². The fraction of sp³-hybridized carbons (Fsp3) is 0.727. The van der Waals surface area contributed by atoms with E-state index in [1.165, 1.54) is 11.3 Å². The summed E-state index contributed by atoms with van der Waals surface area (Å²) in [5.74, 6) is 0. The molecule has 2 rings (SSSR count). The summed E-state index contributed by atoms with van der Waals surface area (Å²) in [7, 11) is 0. The van der Waals surface area contributed by atoms with Gasteiger partial charge in [0.2, 0.25) is 0 Å². The van der Waals surface area contributed by atoms with Gasteiger partial charge in [-0.2, -0.15) is 13.2 Å². The van der Waals surface area contributed by atoms with Crippen molar-refractivity contribution in [3.63, 3.8) is 0 Å². The molecule has 0 saturated heterocycles. The van der Waals surface area contributed by atoms with Gasteiger partial charge in [0.25, 0.3) is 0 Å². The lowest BCUT2D eigenvalue weighted by atomic mass is 10.1. The van der Waals surface area contributed by atoms with E-state index in [2.05, 4.69) is 10.3 Å². The van der Waals surface area contributed by atoms with Gasteiger partial charge >= 0.3 is 6.18 Å². The van der Waals surface area contributed by atoms with Gasteiger partial charge < -0.3 is 0 Å². The lowest BCUT2D eigenvalue weighted by molar-refractivity contribution is -0.167. The second kappa shape index (κ2) is 3.95. The zero-order valence-electron chi connectivity index (χ0n) is 9.98. The van der Waals surface area contributed by atoms with E-state index in [4.69, 9.17) is 0 Å². The maximum absolute atomic E-state index is 12.8. The molecule has 1 saturated carbocycles. The first-order chi connectivity index (χ1) is 7.75. The van der Waals surface area contributed by atoms with Crippen LogP contribution in [0.15, 0.2) is 0 Å². The highest BCUT2D eigenvalue weighted by molar-refractivity contribution is 7.11. The van der Waals surface area contributed by atoms with Gasteiger partial charge in [-0.3, -0.25) is 5.32 Å². The minimum absolute atomic E-state index is 0.170. The van der Waals surface area contributed by atoms with Crippen LogP contribution in [0.4, 0.5) is 13.2 Å². The molecule has 0 aliphatic heterocycles. The van der Waals surface area contributed by atoms with Gasteiger partial charge in [0, 0.05) is 10.9 Å². The fourth-order valence-electron chi connectivity index (χ4n) is 2.06. The van der Waals surface area contributed by atoms with Gasteiger partial charge in [0.15, 0.2) is 0 Å². The van der Waals surface area contributed by atoms with E-state index in [1.54, 1.807) is 6.92 Å². The first kappa shape index (κ1) is 12.8.